The van der Waals surface area contributed by atoms with Gasteiger partial charge < -0.3 is 24.7 Å². The first kappa shape index (κ1) is 15.1. The lowest BCUT2D eigenvalue weighted by Crippen LogP contribution is -2.18. The summed E-state index contributed by atoms with van der Waals surface area (Å²) in [6.45, 7) is 4.88. The second kappa shape index (κ2) is 8.09. The number of fused-ring (bicyclic) bond motifs is 1. The zero-order valence-corrected chi connectivity index (χ0v) is 12.0. The van der Waals surface area contributed by atoms with Crippen LogP contribution in [0, 0.1) is 0 Å². The van der Waals surface area contributed by atoms with Gasteiger partial charge >= 0.3 is 0 Å². The van der Waals surface area contributed by atoms with Gasteiger partial charge in [-0.1, -0.05) is 19.4 Å². The third-order valence-electron chi connectivity index (χ3n) is 3.14. The smallest absolute Gasteiger partial charge is 0.231 e. The van der Waals surface area contributed by atoms with Crippen molar-refractivity contribution in [1.29, 1.82) is 0 Å². The number of benzene rings is 1. The third-order valence-corrected chi connectivity index (χ3v) is 3.14. The van der Waals surface area contributed by atoms with Crippen LogP contribution in [0.5, 0.6) is 11.5 Å². The van der Waals surface area contributed by atoms with Crippen molar-refractivity contribution < 1.29 is 18.9 Å². The highest BCUT2D eigenvalue weighted by molar-refractivity contribution is 5.45. The molecule has 1 aliphatic heterocycles. The van der Waals surface area contributed by atoms with E-state index in [-0.39, 0.29) is 12.8 Å². The van der Waals surface area contributed by atoms with Gasteiger partial charge in [0, 0.05) is 6.61 Å². The number of hydrogen-bond donors (Lipinski definition) is 1. The molecule has 0 spiro atoms. The molecular weight excluding hydrogens is 258 g/mol. The second-order valence-corrected chi connectivity index (χ2v) is 4.76. The van der Waals surface area contributed by atoms with Crippen molar-refractivity contribution in [3.05, 3.63) is 23.8 Å². The van der Waals surface area contributed by atoms with E-state index in [0.29, 0.717) is 19.8 Å². The molecule has 0 aromatic heterocycles. The number of nitrogens with two attached hydrogens (primary N) is 1. The molecule has 20 heavy (non-hydrogen) atoms. The van der Waals surface area contributed by atoms with Crippen LogP contribution >= 0.6 is 0 Å². The van der Waals surface area contributed by atoms with Crippen LogP contribution in [0.1, 0.15) is 31.4 Å². The summed E-state index contributed by atoms with van der Waals surface area (Å²) in [5, 5.41) is 0. The molecule has 1 atom stereocenters. The van der Waals surface area contributed by atoms with E-state index in [9.17, 15) is 0 Å². The van der Waals surface area contributed by atoms with Crippen LogP contribution in [0.3, 0.4) is 0 Å². The van der Waals surface area contributed by atoms with Crippen molar-refractivity contribution in [2.75, 3.05) is 33.2 Å². The minimum atomic E-state index is -0.167. The molecule has 1 aromatic carbocycles. The third kappa shape index (κ3) is 4.37. The molecule has 2 rings (SSSR count). The quantitative estimate of drug-likeness (QED) is 0.703. The highest BCUT2D eigenvalue weighted by atomic mass is 16.7. The van der Waals surface area contributed by atoms with Crippen LogP contribution in [-0.4, -0.2) is 33.2 Å². The van der Waals surface area contributed by atoms with E-state index in [1.807, 2.05) is 18.2 Å². The molecule has 0 fully saturated rings. The lowest BCUT2D eigenvalue weighted by molar-refractivity contribution is 0.0416. The highest BCUT2D eigenvalue weighted by Crippen LogP contribution is 2.33. The molecule has 1 unspecified atom stereocenters. The molecular formula is C15H23NO4. The van der Waals surface area contributed by atoms with Crippen molar-refractivity contribution in [2.24, 2.45) is 5.73 Å². The predicted octanol–water partition coefficient (Wildman–Crippen LogP) is 2.25. The Morgan fingerprint density at radius 1 is 1.15 bits per heavy atom. The maximum atomic E-state index is 6.09. The van der Waals surface area contributed by atoms with Crippen molar-refractivity contribution in [2.45, 2.75) is 25.8 Å². The summed E-state index contributed by atoms with van der Waals surface area (Å²) in [5.74, 6) is 1.52. The summed E-state index contributed by atoms with van der Waals surface area (Å²) < 4.78 is 21.5. The fourth-order valence-corrected chi connectivity index (χ4v) is 1.92. The van der Waals surface area contributed by atoms with Crippen LogP contribution in [0.4, 0.5) is 0 Å². The van der Waals surface area contributed by atoms with E-state index in [4.69, 9.17) is 24.7 Å². The molecule has 5 nitrogen and oxygen atoms in total. The van der Waals surface area contributed by atoms with Crippen LogP contribution in [-0.2, 0) is 9.47 Å². The van der Waals surface area contributed by atoms with Gasteiger partial charge in [0.15, 0.2) is 11.5 Å². The topological polar surface area (TPSA) is 62.9 Å². The lowest BCUT2D eigenvalue weighted by Gasteiger charge is -2.13. The summed E-state index contributed by atoms with van der Waals surface area (Å²) in [4.78, 5) is 0. The van der Waals surface area contributed by atoms with E-state index in [2.05, 4.69) is 6.92 Å². The zero-order chi connectivity index (χ0) is 14.2. The Hall–Kier alpha value is -1.30. The molecule has 0 saturated carbocycles. The molecule has 2 N–H and O–H groups in total. The Morgan fingerprint density at radius 2 is 1.95 bits per heavy atom. The van der Waals surface area contributed by atoms with Crippen LogP contribution in [0.15, 0.2) is 18.2 Å². The summed E-state index contributed by atoms with van der Waals surface area (Å²) in [6.07, 6.45) is 2.24. The molecule has 1 aliphatic rings. The summed E-state index contributed by atoms with van der Waals surface area (Å²) in [7, 11) is 0. The normalized spacial score (nSPS) is 14.5. The number of hydrogen-bond acceptors (Lipinski definition) is 5. The van der Waals surface area contributed by atoms with Crippen LogP contribution in [0.25, 0.3) is 0 Å². The number of rotatable bonds is 9. The molecule has 112 valence electrons. The van der Waals surface area contributed by atoms with Gasteiger partial charge in [-0.05, 0) is 24.1 Å². The maximum Gasteiger partial charge on any atom is 0.231 e. The molecule has 0 aliphatic carbocycles. The van der Waals surface area contributed by atoms with Gasteiger partial charge in [-0.25, -0.2) is 0 Å². The fourth-order valence-electron chi connectivity index (χ4n) is 1.92. The van der Waals surface area contributed by atoms with Crippen molar-refractivity contribution in [3.63, 3.8) is 0 Å². The average Bonchev–Trinajstić information content (AvgIpc) is 2.93. The van der Waals surface area contributed by atoms with Crippen molar-refractivity contribution >= 4 is 0 Å². The molecule has 1 heterocycles. The first-order chi connectivity index (χ1) is 9.81. The standard InChI is InChI=1S/C15H23NO4/c1-2-3-6-17-7-8-18-10-13(16)12-4-5-14-15(9-12)20-11-19-14/h4-5,9,13H,2-3,6-8,10-11,16H2,1H3. The Kier molecular flexibility index (Phi) is 6.11. The van der Waals surface area contributed by atoms with Crippen LogP contribution < -0.4 is 15.2 Å². The summed E-state index contributed by atoms with van der Waals surface area (Å²) in [5.41, 5.74) is 7.08. The number of ether oxygens (including phenoxy) is 4. The van der Waals surface area contributed by atoms with E-state index >= 15 is 0 Å². The van der Waals surface area contributed by atoms with Crippen LogP contribution in [0.2, 0.25) is 0 Å². The van der Waals surface area contributed by atoms with Gasteiger partial charge in [-0.15, -0.1) is 0 Å². The monoisotopic (exact) mass is 281 g/mol. The zero-order valence-electron chi connectivity index (χ0n) is 12.0. The first-order valence-corrected chi connectivity index (χ1v) is 7.12. The Balaban J connectivity index is 1.66. The minimum Gasteiger partial charge on any atom is -0.454 e. The Morgan fingerprint density at radius 3 is 2.80 bits per heavy atom. The minimum absolute atomic E-state index is 0.167. The van der Waals surface area contributed by atoms with Crippen molar-refractivity contribution in [1.82, 2.24) is 0 Å². The van der Waals surface area contributed by atoms with Gasteiger partial charge in [0.1, 0.15) is 0 Å². The molecule has 1 aromatic rings. The molecule has 0 amide bonds. The average molecular weight is 281 g/mol. The molecule has 0 radical (unpaired) electrons. The van der Waals surface area contributed by atoms with Gasteiger partial charge in [-0.2, -0.15) is 0 Å². The summed E-state index contributed by atoms with van der Waals surface area (Å²) in [6, 6.07) is 5.57. The summed E-state index contributed by atoms with van der Waals surface area (Å²) >= 11 is 0. The largest absolute Gasteiger partial charge is 0.454 e. The van der Waals surface area contributed by atoms with Gasteiger partial charge in [-0.3, -0.25) is 0 Å². The second-order valence-electron chi connectivity index (χ2n) is 4.76. The lowest BCUT2D eigenvalue weighted by atomic mass is 10.1. The van der Waals surface area contributed by atoms with Gasteiger partial charge in [0.25, 0.3) is 0 Å². The predicted molar refractivity (Wildman–Crippen MR) is 76.0 cm³/mol. The van der Waals surface area contributed by atoms with Gasteiger partial charge in [0.2, 0.25) is 6.79 Å². The van der Waals surface area contributed by atoms with Crippen molar-refractivity contribution in [3.8, 4) is 11.5 Å². The molecule has 0 bridgehead atoms. The van der Waals surface area contributed by atoms with E-state index in [1.165, 1.54) is 0 Å². The van der Waals surface area contributed by atoms with Gasteiger partial charge in [0.05, 0.1) is 25.9 Å². The molecule has 0 saturated heterocycles. The highest BCUT2D eigenvalue weighted by Gasteiger charge is 2.15. The fraction of sp³-hybridized carbons (Fsp3) is 0.600. The maximum absolute atomic E-state index is 6.09. The Bertz CT molecular complexity index is 411. The van der Waals surface area contributed by atoms with E-state index < -0.39 is 0 Å². The Labute approximate surface area is 120 Å². The number of unbranched alkanes of at least 4 members (excludes halogenated alkanes) is 1. The first-order valence-electron chi connectivity index (χ1n) is 7.12. The van der Waals surface area contributed by atoms with E-state index in [1.54, 1.807) is 0 Å². The SMILES string of the molecule is CCCCOCCOCC(N)c1ccc2c(c1)OCO2. The molecule has 5 heteroatoms. The van der Waals surface area contributed by atoms with E-state index in [0.717, 1.165) is 36.5 Å².